The summed E-state index contributed by atoms with van der Waals surface area (Å²) in [5, 5.41) is 13.5. The van der Waals surface area contributed by atoms with Crippen molar-refractivity contribution in [1.29, 1.82) is 0 Å². The quantitative estimate of drug-likeness (QED) is 0.473. The van der Waals surface area contributed by atoms with E-state index in [4.69, 9.17) is 4.74 Å². The van der Waals surface area contributed by atoms with Crippen molar-refractivity contribution in [3.8, 4) is 5.75 Å². The molecule has 0 fully saturated rings. The van der Waals surface area contributed by atoms with E-state index in [9.17, 15) is 14.5 Å². The van der Waals surface area contributed by atoms with Gasteiger partial charge in [0.15, 0.2) is 11.6 Å². The molecule has 0 bridgehead atoms. The maximum absolute atomic E-state index is 13.5. The van der Waals surface area contributed by atoms with Gasteiger partial charge in [0.1, 0.15) is 0 Å². The van der Waals surface area contributed by atoms with E-state index in [-0.39, 0.29) is 17.1 Å². The molecule has 0 atom stereocenters. The third kappa shape index (κ3) is 3.30. The lowest BCUT2D eigenvalue weighted by Gasteiger charge is -2.09. The summed E-state index contributed by atoms with van der Waals surface area (Å²) in [5.74, 6) is -0.594. The molecule has 0 aromatic heterocycles. The predicted octanol–water partition coefficient (Wildman–Crippen LogP) is 2.95. The van der Waals surface area contributed by atoms with Gasteiger partial charge in [-0.15, -0.1) is 0 Å². The summed E-state index contributed by atoms with van der Waals surface area (Å²) in [7, 11) is 1.32. The standard InChI is InChI=1S/C11H15FN2O3/c1-3-4-5-13-9-7-11(17-2)10(14(15)16)6-8(9)12/h6-7,13H,3-5H2,1-2H3. The third-order valence-electron chi connectivity index (χ3n) is 2.31. The summed E-state index contributed by atoms with van der Waals surface area (Å²) in [6.07, 6.45) is 1.89. The molecule has 0 aliphatic heterocycles. The van der Waals surface area contributed by atoms with Crippen molar-refractivity contribution in [2.45, 2.75) is 19.8 Å². The monoisotopic (exact) mass is 242 g/mol. The van der Waals surface area contributed by atoms with Crippen LogP contribution in [0.5, 0.6) is 5.75 Å². The van der Waals surface area contributed by atoms with Crippen LogP contribution in [0.1, 0.15) is 19.8 Å². The van der Waals surface area contributed by atoms with E-state index in [2.05, 4.69) is 5.32 Å². The molecule has 17 heavy (non-hydrogen) atoms. The molecule has 1 N–H and O–H groups in total. The minimum atomic E-state index is -0.669. The molecule has 1 aromatic rings. The zero-order valence-electron chi connectivity index (χ0n) is 9.83. The van der Waals surface area contributed by atoms with Crippen molar-refractivity contribution in [2.24, 2.45) is 0 Å². The van der Waals surface area contributed by atoms with Crippen LogP contribution in [-0.2, 0) is 0 Å². The first kappa shape index (κ1) is 13.2. The fourth-order valence-corrected chi connectivity index (χ4v) is 1.38. The van der Waals surface area contributed by atoms with E-state index in [1.807, 2.05) is 6.92 Å². The minimum Gasteiger partial charge on any atom is -0.490 e. The molecule has 0 unspecified atom stereocenters. The number of halogens is 1. The number of methoxy groups -OCH3 is 1. The molecule has 0 aliphatic rings. The summed E-state index contributed by atoms with van der Waals surface area (Å²) in [4.78, 5) is 9.97. The van der Waals surface area contributed by atoms with Gasteiger partial charge in [-0.1, -0.05) is 13.3 Å². The zero-order chi connectivity index (χ0) is 12.8. The Labute approximate surface area is 98.7 Å². The van der Waals surface area contributed by atoms with Crippen LogP contribution in [0.15, 0.2) is 12.1 Å². The molecular weight excluding hydrogens is 227 g/mol. The highest BCUT2D eigenvalue weighted by atomic mass is 19.1. The molecule has 0 heterocycles. The summed E-state index contributed by atoms with van der Waals surface area (Å²) in [6, 6.07) is 2.18. The zero-order valence-corrected chi connectivity index (χ0v) is 9.83. The van der Waals surface area contributed by atoms with Crippen molar-refractivity contribution < 1.29 is 14.1 Å². The number of nitro groups is 1. The molecule has 0 amide bonds. The van der Waals surface area contributed by atoms with Crippen LogP contribution in [0.25, 0.3) is 0 Å². The number of nitrogens with zero attached hydrogens (tertiary/aromatic N) is 1. The van der Waals surface area contributed by atoms with E-state index >= 15 is 0 Å². The summed E-state index contributed by atoms with van der Waals surface area (Å²) < 4.78 is 18.4. The maximum atomic E-state index is 13.5. The SMILES string of the molecule is CCCCNc1cc(OC)c([N+](=O)[O-])cc1F. The number of ether oxygens (including phenoxy) is 1. The Morgan fingerprint density at radius 1 is 1.53 bits per heavy atom. The van der Waals surface area contributed by atoms with Gasteiger partial charge >= 0.3 is 5.69 Å². The Morgan fingerprint density at radius 3 is 2.76 bits per heavy atom. The van der Waals surface area contributed by atoms with Crippen LogP contribution >= 0.6 is 0 Å². The van der Waals surface area contributed by atoms with Gasteiger partial charge in [-0.3, -0.25) is 10.1 Å². The van der Waals surface area contributed by atoms with Crippen molar-refractivity contribution in [2.75, 3.05) is 19.0 Å². The molecular formula is C11H15FN2O3. The molecule has 6 heteroatoms. The lowest BCUT2D eigenvalue weighted by atomic mass is 10.2. The number of anilines is 1. The first-order valence-corrected chi connectivity index (χ1v) is 5.36. The molecule has 1 rings (SSSR count). The Morgan fingerprint density at radius 2 is 2.24 bits per heavy atom. The van der Waals surface area contributed by atoms with Crippen LogP contribution in [0.2, 0.25) is 0 Å². The van der Waals surface area contributed by atoms with Gasteiger partial charge in [0.2, 0.25) is 0 Å². The highest BCUT2D eigenvalue weighted by Crippen LogP contribution is 2.32. The van der Waals surface area contributed by atoms with E-state index in [1.54, 1.807) is 0 Å². The normalized spacial score (nSPS) is 10.1. The first-order chi connectivity index (χ1) is 8.10. The second kappa shape index (κ2) is 6.03. The predicted molar refractivity (Wildman–Crippen MR) is 63.0 cm³/mol. The van der Waals surface area contributed by atoms with Gasteiger partial charge in [0.25, 0.3) is 0 Å². The van der Waals surface area contributed by atoms with Gasteiger partial charge in [-0.2, -0.15) is 0 Å². The fraction of sp³-hybridized carbons (Fsp3) is 0.455. The van der Waals surface area contributed by atoms with Gasteiger partial charge in [0.05, 0.1) is 23.8 Å². The number of hydrogen-bond acceptors (Lipinski definition) is 4. The van der Waals surface area contributed by atoms with Crippen LogP contribution in [0.4, 0.5) is 15.8 Å². The molecule has 0 spiro atoms. The number of nitro benzene ring substituents is 1. The van der Waals surface area contributed by atoms with E-state index in [0.717, 1.165) is 18.9 Å². The largest absolute Gasteiger partial charge is 0.490 e. The number of nitrogens with one attached hydrogen (secondary N) is 1. The number of hydrogen-bond donors (Lipinski definition) is 1. The highest BCUT2D eigenvalue weighted by Gasteiger charge is 2.18. The molecule has 0 saturated heterocycles. The average Bonchev–Trinajstić information content (AvgIpc) is 2.30. The maximum Gasteiger partial charge on any atom is 0.313 e. The van der Waals surface area contributed by atoms with Crippen molar-refractivity contribution in [1.82, 2.24) is 0 Å². The number of unbranched alkanes of at least 4 members (excludes halogenated alkanes) is 1. The Balaban J connectivity index is 2.96. The van der Waals surface area contributed by atoms with Crippen LogP contribution in [0.3, 0.4) is 0 Å². The fourth-order valence-electron chi connectivity index (χ4n) is 1.38. The minimum absolute atomic E-state index is 0.0513. The number of rotatable bonds is 6. The molecule has 1 aromatic carbocycles. The van der Waals surface area contributed by atoms with Crippen molar-refractivity contribution in [3.63, 3.8) is 0 Å². The summed E-state index contributed by atoms with van der Waals surface area (Å²) >= 11 is 0. The molecule has 0 saturated carbocycles. The van der Waals surface area contributed by atoms with Gasteiger partial charge in [-0.25, -0.2) is 4.39 Å². The van der Waals surface area contributed by atoms with Gasteiger partial charge < -0.3 is 10.1 Å². The third-order valence-corrected chi connectivity index (χ3v) is 2.31. The van der Waals surface area contributed by atoms with Crippen LogP contribution < -0.4 is 10.1 Å². The van der Waals surface area contributed by atoms with Crippen LogP contribution in [-0.4, -0.2) is 18.6 Å². The number of benzene rings is 1. The topological polar surface area (TPSA) is 64.4 Å². The molecule has 94 valence electrons. The molecule has 0 aliphatic carbocycles. The van der Waals surface area contributed by atoms with E-state index in [0.29, 0.717) is 6.54 Å². The molecule has 5 nitrogen and oxygen atoms in total. The van der Waals surface area contributed by atoms with E-state index < -0.39 is 10.7 Å². The van der Waals surface area contributed by atoms with Gasteiger partial charge in [-0.05, 0) is 6.42 Å². The van der Waals surface area contributed by atoms with Crippen LogP contribution in [0, 0.1) is 15.9 Å². The average molecular weight is 242 g/mol. The van der Waals surface area contributed by atoms with E-state index in [1.165, 1.54) is 13.2 Å². The second-order valence-corrected chi connectivity index (χ2v) is 3.54. The highest BCUT2D eigenvalue weighted by molar-refractivity contribution is 5.59. The Kier molecular flexibility index (Phi) is 4.68. The van der Waals surface area contributed by atoms with Crippen molar-refractivity contribution in [3.05, 3.63) is 28.1 Å². The lowest BCUT2D eigenvalue weighted by Crippen LogP contribution is -2.04. The first-order valence-electron chi connectivity index (χ1n) is 5.36. The Hall–Kier alpha value is -1.85. The summed E-state index contributed by atoms with van der Waals surface area (Å²) in [5.41, 5.74) is -0.146. The molecule has 0 radical (unpaired) electrons. The van der Waals surface area contributed by atoms with Gasteiger partial charge in [0, 0.05) is 12.6 Å². The smallest absolute Gasteiger partial charge is 0.313 e. The Bertz CT molecular complexity index is 410. The summed E-state index contributed by atoms with van der Waals surface area (Å²) in [6.45, 7) is 2.64. The van der Waals surface area contributed by atoms with Crippen molar-refractivity contribution >= 4 is 11.4 Å². The second-order valence-electron chi connectivity index (χ2n) is 3.54. The lowest BCUT2D eigenvalue weighted by molar-refractivity contribution is -0.385.